The Kier molecular flexibility index (Phi) is 4.08. The number of amides is 1. The van der Waals surface area contributed by atoms with Crippen LogP contribution in [0.5, 0.6) is 0 Å². The van der Waals surface area contributed by atoms with Crippen molar-refractivity contribution in [3.05, 3.63) is 0 Å². The lowest BCUT2D eigenvalue weighted by atomic mass is 9.83. The second-order valence-corrected chi connectivity index (χ2v) is 5.94. The number of carbonyl (C=O) groups is 1. The van der Waals surface area contributed by atoms with E-state index in [2.05, 4.69) is 17.6 Å². The molecule has 0 bridgehead atoms. The minimum Gasteiger partial charge on any atom is -0.353 e. The van der Waals surface area contributed by atoms with Crippen molar-refractivity contribution in [2.75, 3.05) is 13.1 Å². The highest BCUT2D eigenvalue weighted by Gasteiger charge is 2.61. The molecule has 1 atom stereocenters. The average molecular weight is 278 g/mol. The zero-order valence-corrected chi connectivity index (χ0v) is 11.1. The van der Waals surface area contributed by atoms with Crippen LogP contribution in [0.25, 0.3) is 0 Å². The van der Waals surface area contributed by atoms with E-state index < -0.39 is 17.5 Å². The van der Waals surface area contributed by atoms with Crippen molar-refractivity contribution in [1.29, 1.82) is 0 Å². The molecule has 1 amide bonds. The second-order valence-electron chi connectivity index (χ2n) is 5.94. The molecule has 110 valence electrons. The van der Waals surface area contributed by atoms with E-state index in [1.807, 2.05) is 0 Å². The van der Waals surface area contributed by atoms with Gasteiger partial charge in [0.2, 0.25) is 5.91 Å². The summed E-state index contributed by atoms with van der Waals surface area (Å²) in [5.74, 6) is -0.234. The fourth-order valence-corrected chi connectivity index (χ4v) is 2.98. The maximum absolute atomic E-state index is 13.2. The van der Waals surface area contributed by atoms with Gasteiger partial charge in [-0.25, -0.2) is 0 Å². The number of carbonyl (C=O) groups excluding carboxylic acids is 1. The molecule has 0 aromatic heterocycles. The summed E-state index contributed by atoms with van der Waals surface area (Å²) in [5.41, 5.74) is -2.23. The predicted octanol–water partition coefficient (Wildman–Crippen LogP) is 2.22. The first kappa shape index (κ1) is 14.6. The third-order valence-electron chi connectivity index (χ3n) is 4.48. The summed E-state index contributed by atoms with van der Waals surface area (Å²) in [7, 11) is 0. The average Bonchev–Trinajstić information content (AvgIpc) is 2.82. The van der Waals surface area contributed by atoms with Crippen LogP contribution in [0.1, 0.15) is 39.0 Å². The van der Waals surface area contributed by atoms with Gasteiger partial charge in [0.05, 0.1) is 0 Å². The van der Waals surface area contributed by atoms with Gasteiger partial charge in [-0.3, -0.25) is 4.79 Å². The van der Waals surface area contributed by atoms with E-state index >= 15 is 0 Å². The van der Waals surface area contributed by atoms with Crippen LogP contribution in [0.3, 0.4) is 0 Å². The predicted molar refractivity (Wildman–Crippen MR) is 65.5 cm³/mol. The highest BCUT2D eigenvalue weighted by atomic mass is 19.4. The van der Waals surface area contributed by atoms with E-state index in [4.69, 9.17) is 0 Å². The van der Waals surface area contributed by atoms with Gasteiger partial charge in [0.1, 0.15) is 0 Å². The van der Waals surface area contributed by atoms with Crippen LogP contribution in [0.4, 0.5) is 13.2 Å². The van der Waals surface area contributed by atoms with Gasteiger partial charge in [0, 0.05) is 12.6 Å². The largest absolute Gasteiger partial charge is 0.404 e. The van der Waals surface area contributed by atoms with Crippen molar-refractivity contribution >= 4 is 5.91 Å². The number of hydrogen-bond acceptors (Lipinski definition) is 2. The first-order chi connectivity index (χ1) is 8.85. The van der Waals surface area contributed by atoms with Crippen molar-refractivity contribution < 1.29 is 18.0 Å². The second kappa shape index (κ2) is 5.31. The number of hydrogen-bond donors (Lipinski definition) is 2. The molecule has 2 aliphatic rings. The molecule has 1 aliphatic heterocycles. The molecule has 19 heavy (non-hydrogen) atoms. The van der Waals surface area contributed by atoms with E-state index in [-0.39, 0.29) is 25.6 Å². The molecule has 2 rings (SSSR count). The smallest absolute Gasteiger partial charge is 0.353 e. The van der Waals surface area contributed by atoms with Crippen molar-refractivity contribution in [3.63, 3.8) is 0 Å². The minimum atomic E-state index is -4.48. The topological polar surface area (TPSA) is 41.1 Å². The van der Waals surface area contributed by atoms with Crippen LogP contribution in [0.15, 0.2) is 0 Å². The Morgan fingerprint density at radius 3 is 2.37 bits per heavy atom. The molecule has 1 unspecified atom stereocenters. The maximum atomic E-state index is 13.2. The quantitative estimate of drug-likeness (QED) is 0.813. The molecule has 1 saturated carbocycles. The fraction of sp³-hybridized carbons (Fsp3) is 0.923. The lowest BCUT2D eigenvalue weighted by molar-refractivity contribution is -0.216. The zero-order chi connectivity index (χ0) is 14.1. The van der Waals surface area contributed by atoms with Crippen molar-refractivity contribution in [1.82, 2.24) is 10.6 Å². The third-order valence-corrected chi connectivity index (χ3v) is 4.48. The van der Waals surface area contributed by atoms with E-state index in [0.717, 1.165) is 25.7 Å². The molecule has 3 nitrogen and oxygen atoms in total. The molecular weight excluding hydrogens is 257 g/mol. The SMILES string of the molecule is CC1CCC(NC(=O)C2(C(F)(F)F)CCNC2)CC1. The van der Waals surface area contributed by atoms with Gasteiger partial charge in [0.25, 0.3) is 0 Å². The summed E-state index contributed by atoms with van der Waals surface area (Å²) in [4.78, 5) is 12.1. The summed E-state index contributed by atoms with van der Waals surface area (Å²) >= 11 is 0. The number of halogens is 3. The molecule has 0 aromatic rings. The first-order valence-corrected chi connectivity index (χ1v) is 6.93. The molecule has 1 saturated heterocycles. The Morgan fingerprint density at radius 2 is 1.89 bits per heavy atom. The van der Waals surface area contributed by atoms with Gasteiger partial charge >= 0.3 is 6.18 Å². The minimum absolute atomic E-state index is 0.0940. The van der Waals surface area contributed by atoms with E-state index in [0.29, 0.717) is 5.92 Å². The first-order valence-electron chi connectivity index (χ1n) is 6.93. The fourth-order valence-electron chi connectivity index (χ4n) is 2.98. The molecule has 2 fully saturated rings. The number of rotatable bonds is 2. The van der Waals surface area contributed by atoms with Gasteiger partial charge in [-0.2, -0.15) is 13.2 Å². The molecule has 6 heteroatoms. The maximum Gasteiger partial charge on any atom is 0.404 e. The Hall–Kier alpha value is -0.780. The Labute approximate surface area is 111 Å². The Balaban J connectivity index is 2.01. The van der Waals surface area contributed by atoms with E-state index in [1.54, 1.807) is 0 Å². The molecule has 1 aliphatic carbocycles. The lowest BCUT2D eigenvalue weighted by Gasteiger charge is -2.33. The highest BCUT2D eigenvalue weighted by molar-refractivity contribution is 5.84. The summed E-state index contributed by atoms with van der Waals surface area (Å²) in [6, 6.07) is -0.0940. The van der Waals surface area contributed by atoms with E-state index in [9.17, 15) is 18.0 Å². The Bertz CT molecular complexity index is 329. The molecular formula is C13H21F3N2O. The van der Waals surface area contributed by atoms with Crippen LogP contribution in [-0.4, -0.2) is 31.2 Å². The molecule has 0 spiro atoms. The summed E-state index contributed by atoms with van der Waals surface area (Å²) in [6.45, 7) is 2.08. The van der Waals surface area contributed by atoms with Crippen molar-refractivity contribution in [3.8, 4) is 0 Å². The monoisotopic (exact) mass is 278 g/mol. The summed E-state index contributed by atoms with van der Waals surface area (Å²) in [6.07, 6.45) is -1.12. The van der Waals surface area contributed by atoms with Gasteiger partial charge < -0.3 is 10.6 Å². The van der Waals surface area contributed by atoms with Gasteiger partial charge in [0.15, 0.2) is 5.41 Å². The van der Waals surface area contributed by atoms with Crippen LogP contribution in [0, 0.1) is 11.3 Å². The summed E-state index contributed by atoms with van der Waals surface area (Å²) in [5, 5.41) is 5.29. The standard InChI is InChI=1S/C13H21F3N2O/c1-9-2-4-10(5-3-9)18-11(19)12(13(14,15)16)6-7-17-8-12/h9-10,17H,2-8H2,1H3,(H,18,19). The third kappa shape index (κ3) is 2.88. The normalized spacial score (nSPS) is 36.2. The van der Waals surface area contributed by atoms with Crippen molar-refractivity contribution in [2.24, 2.45) is 11.3 Å². The highest BCUT2D eigenvalue weighted by Crippen LogP contribution is 2.43. The van der Waals surface area contributed by atoms with E-state index in [1.165, 1.54) is 0 Å². The van der Waals surface area contributed by atoms with Crippen LogP contribution in [-0.2, 0) is 4.79 Å². The Morgan fingerprint density at radius 1 is 1.26 bits per heavy atom. The number of nitrogens with one attached hydrogen (secondary N) is 2. The van der Waals surface area contributed by atoms with Crippen LogP contribution >= 0.6 is 0 Å². The lowest BCUT2D eigenvalue weighted by Crippen LogP contribution is -2.54. The van der Waals surface area contributed by atoms with Gasteiger partial charge in [-0.1, -0.05) is 6.92 Å². The molecule has 0 radical (unpaired) electrons. The zero-order valence-electron chi connectivity index (χ0n) is 11.1. The molecule has 1 heterocycles. The van der Waals surface area contributed by atoms with Crippen LogP contribution in [0.2, 0.25) is 0 Å². The summed E-state index contributed by atoms with van der Waals surface area (Å²) < 4.78 is 39.5. The van der Waals surface area contributed by atoms with Gasteiger partial charge in [-0.15, -0.1) is 0 Å². The molecule has 0 aromatic carbocycles. The van der Waals surface area contributed by atoms with Crippen molar-refractivity contribution in [2.45, 2.75) is 51.2 Å². The van der Waals surface area contributed by atoms with Gasteiger partial charge in [-0.05, 0) is 44.6 Å². The van der Waals surface area contributed by atoms with Crippen LogP contribution < -0.4 is 10.6 Å². The number of alkyl halides is 3. The molecule has 2 N–H and O–H groups in total.